The van der Waals surface area contributed by atoms with E-state index in [-0.39, 0.29) is 12.0 Å². The van der Waals surface area contributed by atoms with E-state index >= 15 is 0 Å². The monoisotopic (exact) mass is 239 g/mol. The Morgan fingerprint density at radius 1 is 1.65 bits per heavy atom. The van der Waals surface area contributed by atoms with Crippen LogP contribution in [0, 0.1) is 5.82 Å². The van der Waals surface area contributed by atoms with Crippen molar-refractivity contribution in [3.8, 4) is 0 Å². The highest BCUT2D eigenvalue weighted by Gasteiger charge is 2.28. The van der Waals surface area contributed by atoms with Crippen molar-refractivity contribution in [3.05, 3.63) is 24.1 Å². The molecule has 2 rings (SSSR count). The summed E-state index contributed by atoms with van der Waals surface area (Å²) < 4.78 is 18.0. The van der Waals surface area contributed by atoms with Gasteiger partial charge in [-0.1, -0.05) is 0 Å². The van der Waals surface area contributed by atoms with Crippen molar-refractivity contribution < 1.29 is 13.9 Å². The van der Waals surface area contributed by atoms with E-state index in [4.69, 9.17) is 4.74 Å². The van der Waals surface area contributed by atoms with Crippen LogP contribution in [0.1, 0.15) is 6.92 Å². The van der Waals surface area contributed by atoms with Crippen molar-refractivity contribution in [1.82, 2.24) is 10.3 Å². The number of ether oxygens (including phenoxy) is 1. The fourth-order valence-corrected chi connectivity index (χ4v) is 1.68. The first-order valence-electron chi connectivity index (χ1n) is 5.44. The molecule has 2 atom stereocenters. The van der Waals surface area contributed by atoms with Crippen molar-refractivity contribution in [2.24, 2.45) is 0 Å². The van der Waals surface area contributed by atoms with Crippen LogP contribution in [0.15, 0.2) is 18.3 Å². The SMILES string of the molecule is C[C@H]1OCCN[C@@H]1C(=O)Nc1ccc(F)cn1. The van der Waals surface area contributed by atoms with Gasteiger partial charge in [0, 0.05) is 6.54 Å². The van der Waals surface area contributed by atoms with Gasteiger partial charge in [-0.3, -0.25) is 4.79 Å². The molecule has 2 N–H and O–H groups in total. The molecule has 1 aromatic heterocycles. The van der Waals surface area contributed by atoms with E-state index in [1.165, 1.54) is 12.1 Å². The maximum absolute atomic E-state index is 12.6. The van der Waals surface area contributed by atoms with Gasteiger partial charge in [0.2, 0.25) is 5.91 Å². The third kappa shape index (κ3) is 2.98. The van der Waals surface area contributed by atoms with Crippen LogP contribution in [-0.4, -0.2) is 36.2 Å². The Labute approximate surface area is 98.4 Å². The van der Waals surface area contributed by atoms with E-state index < -0.39 is 11.9 Å². The van der Waals surface area contributed by atoms with E-state index in [9.17, 15) is 9.18 Å². The molecule has 6 heteroatoms. The Morgan fingerprint density at radius 3 is 3.12 bits per heavy atom. The lowest BCUT2D eigenvalue weighted by molar-refractivity contribution is -0.123. The molecule has 1 aromatic rings. The smallest absolute Gasteiger partial charge is 0.245 e. The van der Waals surface area contributed by atoms with Gasteiger partial charge in [0.05, 0.1) is 18.9 Å². The second-order valence-corrected chi connectivity index (χ2v) is 3.86. The lowest BCUT2D eigenvalue weighted by atomic mass is 10.1. The summed E-state index contributed by atoms with van der Waals surface area (Å²) in [5.74, 6) is -0.331. The minimum Gasteiger partial charge on any atom is -0.375 e. The summed E-state index contributed by atoms with van der Waals surface area (Å²) in [6.45, 7) is 3.06. The summed E-state index contributed by atoms with van der Waals surface area (Å²) in [6.07, 6.45) is 0.869. The number of rotatable bonds is 2. The van der Waals surface area contributed by atoms with Crippen molar-refractivity contribution in [2.75, 3.05) is 18.5 Å². The summed E-state index contributed by atoms with van der Waals surface area (Å²) in [5.41, 5.74) is 0. The summed E-state index contributed by atoms with van der Waals surface area (Å²) in [5, 5.41) is 5.67. The van der Waals surface area contributed by atoms with Gasteiger partial charge in [-0.25, -0.2) is 9.37 Å². The number of carbonyl (C=O) groups is 1. The predicted molar refractivity (Wildman–Crippen MR) is 60.0 cm³/mol. The number of pyridine rings is 1. The standard InChI is InChI=1S/C11H14FN3O2/c1-7-10(13-4-5-17-7)11(16)15-9-3-2-8(12)6-14-9/h2-3,6-7,10,13H,4-5H2,1H3,(H,14,15,16)/t7-,10+/m1/s1. The van der Waals surface area contributed by atoms with E-state index in [2.05, 4.69) is 15.6 Å². The number of carbonyl (C=O) groups excluding carboxylic acids is 1. The lowest BCUT2D eigenvalue weighted by Crippen LogP contribution is -2.53. The van der Waals surface area contributed by atoms with Crippen LogP contribution >= 0.6 is 0 Å². The molecule has 1 aliphatic heterocycles. The van der Waals surface area contributed by atoms with Crippen LogP contribution in [0.25, 0.3) is 0 Å². The molecule has 0 aromatic carbocycles. The van der Waals surface area contributed by atoms with Crippen LogP contribution in [0.4, 0.5) is 10.2 Å². The maximum Gasteiger partial charge on any atom is 0.245 e. The average molecular weight is 239 g/mol. The van der Waals surface area contributed by atoms with E-state index in [1.807, 2.05) is 6.92 Å². The molecule has 0 radical (unpaired) electrons. The Balaban J connectivity index is 1.98. The van der Waals surface area contributed by atoms with Crippen LogP contribution in [0.2, 0.25) is 0 Å². The second kappa shape index (κ2) is 5.20. The minimum absolute atomic E-state index is 0.191. The van der Waals surface area contributed by atoms with E-state index in [0.29, 0.717) is 19.0 Å². The highest BCUT2D eigenvalue weighted by atomic mass is 19.1. The van der Waals surface area contributed by atoms with Crippen molar-refractivity contribution in [1.29, 1.82) is 0 Å². The number of nitrogens with zero attached hydrogens (tertiary/aromatic N) is 1. The molecule has 1 amide bonds. The predicted octanol–water partition coefficient (Wildman–Crippen LogP) is 0.536. The molecule has 0 bridgehead atoms. The Kier molecular flexibility index (Phi) is 3.65. The van der Waals surface area contributed by atoms with Crippen molar-refractivity contribution in [3.63, 3.8) is 0 Å². The Hall–Kier alpha value is -1.53. The Morgan fingerprint density at radius 2 is 2.47 bits per heavy atom. The van der Waals surface area contributed by atoms with Crippen LogP contribution in [0.3, 0.4) is 0 Å². The first-order chi connectivity index (χ1) is 8.16. The quantitative estimate of drug-likeness (QED) is 0.790. The van der Waals surface area contributed by atoms with Gasteiger partial charge in [-0.05, 0) is 19.1 Å². The number of morpholine rings is 1. The van der Waals surface area contributed by atoms with Crippen LogP contribution < -0.4 is 10.6 Å². The molecule has 0 unspecified atom stereocenters. The number of hydrogen-bond donors (Lipinski definition) is 2. The molecule has 1 aliphatic rings. The average Bonchev–Trinajstić information content (AvgIpc) is 2.32. The summed E-state index contributed by atoms with van der Waals surface area (Å²) in [7, 11) is 0. The zero-order valence-corrected chi connectivity index (χ0v) is 9.44. The molecule has 0 aliphatic carbocycles. The molecule has 1 fully saturated rings. The molecule has 0 saturated carbocycles. The third-order valence-electron chi connectivity index (χ3n) is 2.58. The van der Waals surface area contributed by atoms with Gasteiger partial charge >= 0.3 is 0 Å². The molecule has 1 saturated heterocycles. The number of amides is 1. The van der Waals surface area contributed by atoms with E-state index in [0.717, 1.165) is 6.20 Å². The molecule has 92 valence electrons. The van der Waals surface area contributed by atoms with Gasteiger partial charge in [0.15, 0.2) is 0 Å². The second-order valence-electron chi connectivity index (χ2n) is 3.86. The highest BCUT2D eigenvalue weighted by Crippen LogP contribution is 2.08. The number of nitrogens with one attached hydrogen (secondary N) is 2. The molecule has 0 spiro atoms. The number of anilines is 1. The van der Waals surface area contributed by atoms with Crippen molar-refractivity contribution in [2.45, 2.75) is 19.1 Å². The first kappa shape index (κ1) is 11.9. The number of hydrogen-bond acceptors (Lipinski definition) is 4. The fraction of sp³-hybridized carbons (Fsp3) is 0.455. The molecular weight excluding hydrogens is 225 g/mol. The number of halogens is 1. The third-order valence-corrected chi connectivity index (χ3v) is 2.58. The van der Waals surface area contributed by atoms with Crippen LogP contribution in [0.5, 0.6) is 0 Å². The largest absolute Gasteiger partial charge is 0.375 e. The molecular formula is C11H14FN3O2. The molecule has 5 nitrogen and oxygen atoms in total. The lowest BCUT2D eigenvalue weighted by Gasteiger charge is -2.29. The van der Waals surface area contributed by atoms with Crippen LogP contribution in [-0.2, 0) is 9.53 Å². The fourth-order valence-electron chi connectivity index (χ4n) is 1.68. The summed E-state index contributed by atoms with van der Waals surface area (Å²) >= 11 is 0. The summed E-state index contributed by atoms with van der Waals surface area (Å²) in [6, 6.07) is 2.26. The van der Waals surface area contributed by atoms with E-state index in [1.54, 1.807) is 0 Å². The van der Waals surface area contributed by atoms with Gasteiger partial charge in [0.1, 0.15) is 17.7 Å². The topological polar surface area (TPSA) is 63.2 Å². The van der Waals surface area contributed by atoms with Gasteiger partial charge in [-0.15, -0.1) is 0 Å². The summed E-state index contributed by atoms with van der Waals surface area (Å²) in [4.78, 5) is 15.6. The molecule has 17 heavy (non-hydrogen) atoms. The minimum atomic E-state index is -0.435. The normalized spacial score (nSPS) is 24.4. The highest BCUT2D eigenvalue weighted by molar-refractivity contribution is 5.94. The van der Waals surface area contributed by atoms with Gasteiger partial charge in [-0.2, -0.15) is 0 Å². The van der Waals surface area contributed by atoms with Crippen molar-refractivity contribution >= 4 is 11.7 Å². The van der Waals surface area contributed by atoms with Gasteiger partial charge < -0.3 is 15.4 Å². The first-order valence-corrected chi connectivity index (χ1v) is 5.44. The maximum atomic E-state index is 12.6. The zero-order chi connectivity index (χ0) is 12.3. The molecule has 2 heterocycles. The van der Waals surface area contributed by atoms with Gasteiger partial charge in [0.25, 0.3) is 0 Å². The Bertz CT molecular complexity index is 396. The number of aromatic nitrogens is 1. The zero-order valence-electron chi connectivity index (χ0n) is 9.44.